The van der Waals surface area contributed by atoms with Crippen molar-refractivity contribution in [2.45, 2.75) is 302 Å². The van der Waals surface area contributed by atoms with Crippen molar-refractivity contribution in [1.29, 1.82) is 0 Å². The lowest BCUT2D eigenvalue weighted by molar-refractivity contribution is -0.301. The molecule has 0 radical (unpaired) electrons. The number of hydrogen-bond acceptors (Lipinski definition) is 11. The number of allylic oxidation sites excluding steroid dienone is 16. The van der Waals surface area contributed by atoms with Gasteiger partial charge in [0.1, 0.15) is 18.8 Å². The van der Waals surface area contributed by atoms with Crippen molar-refractivity contribution in [3.8, 4) is 0 Å². The highest BCUT2D eigenvalue weighted by molar-refractivity contribution is 5.74. The summed E-state index contributed by atoms with van der Waals surface area (Å²) in [6.45, 7) is 5.74. The largest absolute Gasteiger partial charge is 0.479 e. The van der Waals surface area contributed by atoms with E-state index in [2.05, 4.69) is 106 Å². The first-order valence-electron chi connectivity index (χ1n) is 32.2. The van der Waals surface area contributed by atoms with Gasteiger partial charge < -0.3 is 39.0 Å². The van der Waals surface area contributed by atoms with Gasteiger partial charge in [0.25, 0.3) is 0 Å². The molecular weight excluding hydrogens is 1020 g/mol. The van der Waals surface area contributed by atoms with Crippen LogP contribution in [0.2, 0.25) is 0 Å². The molecule has 1 aliphatic heterocycles. The van der Waals surface area contributed by atoms with Crippen LogP contribution in [0.1, 0.15) is 265 Å². The first-order valence-corrected chi connectivity index (χ1v) is 32.2. The lowest BCUT2D eigenvalue weighted by Crippen LogP contribution is -2.61. The SMILES string of the molecule is CC/C=C\C/C=C\C/C=C\C/C=C\C/C=C\CCCC(=O)OC(COC(=O)CCCCCCCCCCCCCCCCCCCCC)COC1OC(C(=O)O)C(O)C(O)C1OC(=O)CCCCCCC/C=C\C/C=C\C/C=C\CC. The van der Waals surface area contributed by atoms with Crippen LogP contribution in [0, 0.1) is 0 Å². The highest BCUT2D eigenvalue weighted by atomic mass is 16.7. The molecule has 12 nitrogen and oxygen atoms in total. The van der Waals surface area contributed by atoms with Gasteiger partial charge in [0, 0.05) is 19.3 Å². The number of hydrogen-bond donors (Lipinski definition) is 3. The van der Waals surface area contributed by atoms with Crippen LogP contribution in [-0.2, 0) is 42.9 Å². The number of carbonyl (C=O) groups is 4. The molecule has 12 heteroatoms. The monoisotopic (exact) mass is 1130 g/mol. The van der Waals surface area contributed by atoms with Gasteiger partial charge in [-0.2, -0.15) is 0 Å². The third-order valence-electron chi connectivity index (χ3n) is 14.2. The van der Waals surface area contributed by atoms with Gasteiger partial charge in [-0.05, 0) is 89.9 Å². The van der Waals surface area contributed by atoms with Crippen LogP contribution in [-0.4, -0.2) is 89.2 Å². The molecule has 0 bridgehead atoms. The number of carboxylic acid groups (broad SMARTS) is 1. The smallest absolute Gasteiger partial charge is 0.335 e. The summed E-state index contributed by atoms with van der Waals surface area (Å²) in [6, 6.07) is 0. The molecule has 1 rings (SSSR count). The maximum Gasteiger partial charge on any atom is 0.335 e. The molecule has 0 aromatic heterocycles. The van der Waals surface area contributed by atoms with E-state index in [-0.39, 0.29) is 25.9 Å². The Morgan fingerprint density at radius 1 is 0.420 bits per heavy atom. The van der Waals surface area contributed by atoms with Crippen LogP contribution in [0.15, 0.2) is 97.2 Å². The summed E-state index contributed by atoms with van der Waals surface area (Å²) in [5.41, 5.74) is 0. The van der Waals surface area contributed by atoms with Crippen molar-refractivity contribution < 1.29 is 58.2 Å². The molecule has 0 spiro atoms. The van der Waals surface area contributed by atoms with Gasteiger partial charge in [-0.15, -0.1) is 0 Å². The number of carbonyl (C=O) groups excluding carboxylic acids is 3. The molecule has 1 fully saturated rings. The first-order chi connectivity index (χ1) is 39.6. The summed E-state index contributed by atoms with van der Waals surface area (Å²) < 4.78 is 28.4. The highest BCUT2D eigenvalue weighted by Crippen LogP contribution is 2.26. The fraction of sp³-hybridized carbons (Fsp3) is 0.710. The van der Waals surface area contributed by atoms with Crippen LogP contribution in [0.3, 0.4) is 0 Å². The minimum absolute atomic E-state index is 0.0311. The Morgan fingerprint density at radius 2 is 0.790 bits per heavy atom. The number of aliphatic hydroxyl groups is 2. The molecule has 1 saturated heterocycles. The number of esters is 3. The zero-order valence-corrected chi connectivity index (χ0v) is 51.0. The summed E-state index contributed by atoms with van der Waals surface area (Å²) >= 11 is 0. The minimum atomic E-state index is -1.92. The summed E-state index contributed by atoms with van der Waals surface area (Å²) in [5.74, 6) is -3.22. The van der Waals surface area contributed by atoms with Crippen LogP contribution >= 0.6 is 0 Å². The second kappa shape index (κ2) is 56.1. The summed E-state index contributed by atoms with van der Waals surface area (Å²) in [5, 5.41) is 31.6. The Kier molecular flexibility index (Phi) is 51.7. The number of rotatable bonds is 54. The molecule has 0 aromatic carbocycles. The third-order valence-corrected chi connectivity index (χ3v) is 14.2. The van der Waals surface area contributed by atoms with Gasteiger partial charge in [0.05, 0.1) is 6.61 Å². The molecule has 1 aliphatic rings. The van der Waals surface area contributed by atoms with Crippen LogP contribution < -0.4 is 0 Å². The number of aliphatic carboxylic acids is 1. The van der Waals surface area contributed by atoms with Gasteiger partial charge >= 0.3 is 23.9 Å². The maximum atomic E-state index is 13.2. The Labute approximate surface area is 492 Å². The third kappa shape index (κ3) is 45.8. The maximum absolute atomic E-state index is 13.2. The van der Waals surface area contributed by atoms with E-state index in [1.165, 1.54) is 96.3 Å². The molecule has 6 atom stereocenters. The number of unbranched alkanes of at least 4 members (excludes halogenated alkanes) is 24. The van der Waals surface area contributed by atoms with E-state index in [1.54, 1.807) is 0 Å². The Bertz CT molecular complexity index is 1780. The van der Waals surface area contributed by atoms with Crippen molar-refractivity contribution in [1.82, 2.24) is 0 Å². The molecule has 0 aliphatic carbocycles. The highest BCUT2D eigenvalue weighted by Gasteiger charge is 2.50. The average molecular weight is 1140 g/mol. The molecule has 0 saturated carbocycles. The Morgan fingerprint density at radius 3 is 1.22 bits per heavy atom. The quantitative estimate of drug-likeness (QED) is 0.0228. The predicted octanol–water partition coefficient (Wildman–Crippen LogP) is 17.2. The van der Waals surface area contributed by atoms with Crippen molar-refractivity contribution >= 4 is 23.9 Å². The summed E-state index contributed by atoms with van der Waals surface area (Å²) in [4.78, 5) is 51.3. The molecule has 1 heterocycles. The molecule has 6 unspecified atom stereocenters. The second-order valence-corrected chi connectivity index (χ2v) is 21.6. The standard InChI is InChI=1S/C69H114O12/c1-4-7-10-13-16-19-22-25-28-30-31-33-35-37-40-43-46-49-52-55-61(70)77-58-60(79-62(71)56-53-50-47-44-41-39-36-32-29-26-23-20-17-14-11-8-5-2)59-78-69-67(65(74)64(73)66(81-69)68(75)76)80-63(72)57-54-51-48-45-42-38-34-27-24-21-18-15-12-9-6-3/h8-9,11-12,17-18,20-21,26-27,29,34,36,39,44,47,60,64-67,69,73-74H,4-7,10,13-16,19,22-25,28,30-33,35,37-38,40-43,45-46,48-59H2,1-3H3,(H,75,76)/b11-8-,12-9-,20-17-,21-18-,29-26-,34-27-,39-36-,47-44-. The predicted molar refractivity (Wildman–Crippen MR) is 331 cm³/mol. The average Bonchev–Trinajstić information content (AvgIpc) is 3.52. The lowest BCUT2D eigenvalue weighted by Gasteiger charge is -2.40. The second-order valence-electron chi connectivity index (χ2n) is 21.6. The van der Waals surface area contributed by atoms with E-state index in [1.807, 2.05) is 12.2 Å². The van der Waals surface area contributed by atoms with E-state index in [4.69, 9.17) is 23.7 Å². The number of carboxylic acids is 1. The van der Waals surface area contributed by atoms with Crippen LogP contribution in [0.25, 0.3) is 0 Å². The molecular formula is C69H114O12. The number of aliphatic hydroxyl groups excluding tert-OH is 2. The van der Waals surface area contributed by atoms with Crippen LogP contribution in [0.4, 0.5) is 0 Å². The van der Waals surface area contributed by atoms with E-state index in [9.17, 15) is 34.5 Å². The van der Waals surface area contributed by atoms with E-state index in [0.717, 1.165) is 103 Å². The minimum Gasteiger partial charge on any atom is -0.479 e. The normalized spacial score (nSPS) is 18.4. The van der Waals surface area contributed by atoms with E-state index < -0.39 is 67.3 Å². The fourth-order valence-electron chi connectivity index (χ4n) is 9.30. The van der Waals surface area contributed by atoms with Crippen LogP contribution in [0.5, 0.6) is 0 Å². The van der Waals surface area contributed by atoms with E-state index in [0.29, 0.717) is 25.7 Å². The Hall–Kier alpha value is -4.36. The zero-order chi connectivity index (χ0) is 58.9. The van der Waals surface area contributed by atoms with Crippen molar-refractivity contribution in [3.63, 3.8) is 0 Å². The van der Waals surface area contributed by atoms with Gasteiger partial charge in [0.2, 0.25) is 0 Å². The summed E-state index contributed by atoms with van der Waals surface area (Å²) in [6.07, 6.45) is 62.4. The zero-order valence-electron chi connectivity index (χ0n) is 51.0. The van der Waals surface area contributed by atoms with Gasteiger partial charge in [0.15, 0.2) is 24.6 Å². The summed E-state index contributed by atoms with van der Waals surface area (Å²) in [7, 11) is 0. The van der Waals surface area contributed by atoms with Gasteiger partial charge in [-0.1, -0.05) is 253 Å². The lowest BCUT2D eigenvalue weighted by atomic mass is 9.98. The number of ether oxygens (including phenoxy) is 5. The molecule has 81 heavy (non-hydrogen) atoms. The molecule has 3 N–H and O–H groups in total. The molecule has 0 aromatic rings. The topological polar surface area (TPSA) is 175 Å². The molecule has 462 valence electrons. The first kappa shape index (κ1) is 74.7. The van der Waals surface area contributed by atoms with Gasteiger partial charge in [-0.25, -0.2) is 4.79 Å². The van der Waals surface area contributed by atoms with Crippen molar-refractivity contribution in [2.24, 2.45) is 0 Å². The van der Waals surface area contributed by atoms with Crippen molar-refractivity contribution in [3.05, 3.63) is 97.2 Å². The Balaban J connectivity index is 2.70. The molecule has 0 amide bonds. The van der Waals surface area contributed by atoms with Gasteiger partial charge in [-0.3, -0.25) is 14.4 Å². The van der Waals surface area contributed by atoms with Crippen molar-refractivity contribution in [2.75, 3.05) is 13.2 Å². The fourth-order valence-corrected chi connectivity index (χ4v) is 9.30. The van der Waals surface area contributed by atoms with E-state index >= 15 is 0 Å².